The molecule has 6 nitrogen and oxygen atoms in total. The summed E-state index contributed by atoms with van der Waals surface area (Å²) in [6.07, 6.45) is 0. The summed E-state index contributed by atoms with van der Waals surface area (Å²) in [4.78, 5) is 2.77. The van der Waals surface area contributed by atoms with Crippen LogP contribution in [0.5, 0.6) is 5.75 Å². The first-order valence-electron chi connectivity index (χ1n) is 5.21. The fraction of sp³-hybridized carbons (Fsp3) is 0.167. The van der Waals surface area contributed by atoms with Gasteiger partial charge in [-0.3, -0.25) is 0 Å². The van der Waals surface area contributed by atoms with Gasteiger partial charge in [0.2, 0.25) is 0 Å². The van der Waals surface area contributed by atoms with Crippen molar-refractivity contribution >= 4 is 5.69 Å². The lowest BCUT2D eigenvalue weighted by molar-refractivity contribution is 0.248. The minimum Gasteiger partial charge on any atom is -0.497 e. The lowest BCUT2D eigenvalue weighted by Crippen LogP contribution is -1.83. The van der Waals surface area contributed by atoms with E-state index >= 15 is 0 Å². The Morgan fingerprint density at radius 3 is 2.83 bits per heavy atom. The summed E-state index contributed by atoms with van der Waals surface area (Å²) in [5.74, 6) is 1.58. The molecule has 1 N–H and O–H groups in total. The maximum Gasteiger partial charge on any atom is 0.134 e. The van der Waals surface area contributed by atoms with Gasteiger partial charge in [0, 0.05) is 10.5 Å². The Hall–Kier alpha value is -2.43. The second-order valence-corrected chi connectivity index (χ2v) is 3.50. The number of azide groups is 1. The summed E-state index contributed by atoms with van der Waals surface area (Å²) in [7, 11) is 1.53. The van der Waals surface area contributed by atoms with Gasteiger partial charge >= 0.3 is 0 Å². The number of nitrogens with zero attached hydrogens (tertiary/aromatic N) is 3. The molecule has 2 rings (SSSR count). The summed E-state index contributed by atoms with van der Waals surface area (Å²) < 4.78 is 10.5. The van der Waals surface area contributed by atoms with Crippen molar-refractivity contribution < 1.29 is 14.3 Å². The molecule has 0 saturated carbocycles. The highest BCUT2D eigenvalue weighted by molar-refractivity contribution is 5.73. The number of benzene rings is 1. The predicted octanol–water partition coefficient (Wildman–Crippen LogP) is 3.39. The largest absolute Gasteiger partial charge is 0.497 e. The van der Waals surface area contributed by atoms with Crippen molar-refractivity contribution in [1.29, 1.82) is 0 Å². The van der Waals surface area contributed by atoms with Crippen LogP contribution in [0.15, 0.2) is 39.9 Å². The van der Waals surface area contributed by atoms with Crippen molar-refractivity contribution in [1.82, 2.24) is 0 Å². The molecule has 0 aliphatic rings. The summed E-state index contributed by atoms with van der Waals surface area (Å²) in [5, 5.41) is 12.6. The number of ether oxygens (including phenoxy) is 1. The number of aliphatic hydroxyl groups is 1. The minimum atomic E-state index is -0.174. The van der Waals surface area contributed by atoms with Crippen LogP contribution >= 0.6 is 0 Å². The molecule has 0 radical (unpaired) electrons. The molecule has 1 aromatic heterocycles. The van der Waals surface area contributed by atoms with Crippen LogP contribution in [-0.4, -0.2) is 12.2 Å². The smallest absolute Gasteiger partial charge is 0.134 e. The number of hydrogen-bond acceptors (Lipinski definition) is 4. The monoisotopic (exact) mass is 245 g/mol. The first-order valence-corrected chi connectivity index (χ1v) is 5.21. The van der Waals surface area contributed by atoms with Crippen molar-refractivity contribution in [3.8, 4) is 17.1 Å². The number of rotatable bonds is 4. The summed E-state index contributed by atoms with van der Waals surface area (Å²) in [5.41, 5.74) is 9.61. The molecular weight excluding hydrogens is 234 g/mol. The van der Waals surface area contributed by atoms with Crippen LogP contribution in [0.3, 0.4) is 0 Å². The highest BCUT2D eigenvalue weighted by Gasteiger charge is 2.09. The highest BCUT2D eigenvalue weighted by Crippen LogP contribution is 2.34. The first kappa shape index (κ1) is 12.0. The van der Waals surface area contributed by atoms with Gasteiger partial charge in [-0.1, -0.05) is 5.11 Å². The van der Waals surface area contributed by atoms with Gasteiger partial charge in [0.15, 0.2) is 0 Å². The maximum atomic E-state index is 8.96. The Labute approximate surface area is 103 Å². The van der Waals surface area contributed by atoms with Crippen molar-refractivity contribution in [3.05, 3.63) is 46.5 Å². The molecular formula is C12H11N3O3. The molecule has 0 saturated heterocycles. The Bertz CT molecular complexity index is 600. The van der Waals surface area contributed by atoms with E-state index in [4.69, 9.17) is 19.8 Å². The van der Waals surface area contributed by atoms with Gasteiger partial charge in [-0.15, -0.1) is 0 Å². The highest BCUT2D eigenvalue weighted by atomic mass is 16.5. The zero-order chi connectivity index (χ0) is 13.0. The summed E-state index contributed by atoms with van der Waals surface area (Å²) in [6, 6.07) is 8.48. The lowest BCUT2D eigenvalue weighted by Gasteiger charge is -2.05. The van der Waals surface area contributed by atoms with Crippen LogP contribution in [0.2, 0.25) is 0 Å². The zero-order valence-corrected chi connectivity index (χ0v) is 9.70. The second kappa shape index (κ2) is 5.27. The fourth-order valence-electron chi connectivity index (χ4n) is 1.59. The molecule has 6 heteroatoms. The van der Waals surface area contributed by atoms with Crippen molar-refractivity contribution in [2.45, 2.75) is 6.61 Å². The van der Waals surface area contributed by atoms with E-state index in [0.717, 1.165) is 0 Å². The molecule has 0 atom stereocenters. The molecule has 92 valence electrons. The first-order chi connectivity index (χ1) is 8.78. The summed E-state index contributed by atoms with van der Waals surface area (Å²) >= 11 is 0. The van der Waals surface area contributed by atoms with Crippen molar-refractivity contribution in [2.75, 3.05) is 7.11 Å². The lowest BCUT2D eigenvalue weighted by atomic mass is 10.1. The number of methoxy groups -OCH3 is 1. The molecule has 0 aliphatic heterocycles. The minimum absolute atomic E-state index is 0.174. The third-order valence-electron chi connectivity index (χ3n) is 2.44. The maximum absolute atomic E-state index is 8.96. The summed E-state index contributed by atoms with van der Waals surface area (Å²) in [6.45, 7) is -0.174. The molecule has 0 aliphatic carbocycles. The van der Waals surface area contributed by atoms with Gasteiger partial charge < -0.3 is 14.3 Å². The van der Waals surface area contributed by atoms with Gasteiger partial charge in [0.25, 0.3) is 0 Å². The van der Waals surface area contributed by atoms with Gasteiger partial charge in [0.1, 0.15) is 23.9 Å². The van der Waals surface area contributed by atoms with Crippen LogP contribution in [-0.2, 0) is 6.61 Å². The van der Waals surface area contributed by atoms with Gasteiger partial charge in [0.05, 0.1) is 12.8 Å². The van der Waals surface area contributed by atoms with Gasteiger partial charge in [-0.05, 0) is 35.9 Å². The standard InChI is InChI=1S/C12H11N3O3/c1-17-8-2-4-10(11(6-8)14-15-13)12-5-3-9(7-16)18-12/h2-6,16H,7H2,1H3. The topological polar surface area (TPSA) is 91.4 Å². The van der Waals surface area contributed by atoms with E-state index in [1.807, 2.05) is 0 Å². The molecule has 2 aromatic rings. The van der Waals surface area contributed by atoms with Crippen molar-refractivity contribution in [2.24, 2.45) is 5.11 Å². The Morgan fingerprint density at radius 1 is 1.39 bits per heavy atom. The zero-order valence-electron chi connectivity index (χ0n) is 9.70. The normalized spacial score (nSPS) is 9.89. The van der Waals surface area contributed by atoms with E-state index in [-0.39, 0.29) is 6.61 Å². The number of hydrogen-bond donors (Lipinski definition) is 1. The third kappa shape index (κ3) is 2.29. The molecule has 0 unspecified atom stereocenters. The molecule has 1 heterocycles. The van der Waals surface area contributed by atoms with E-state index in [2.05, 4.69) is 10.0 Å². The molecule has 1 aromatic carbocycles. The van der Waals surface area contributed by atoms with Crippen LogP contribution in [0.25, 0.3) is 21.8 Å². The molecule has 0 fully saturated rings. The Kier molecular flexibility index (Phi) is 3.52. The SMILES string of the molecule is COc1ccc(-c2ccc(CO)o2)c(N=[N+]=[N-])c1. The van der Waals surface area contributed by atoms with Crippen LogP contribution < -0.4 is 4.74 Å². The average Bonchev–Trinajstić information content (AvgIpc) is 2.87. The quantitative estimate of drug-likeness (QED) is 0.508. The van der Waals surface area contributed by atoms with E-state index in [9.17, 15) is 0 Å². The molecule has 0 spiro atoms. The number of furan rings is 1. The van der Waals surface area contributed by atoms with Gasteiger partial charge in [-0.25, -0.2) is 0 Å². The van der Waals surface area contributed by atoms with E-state index < -0.39 is 0 Å². The van der Waals surface area contributed by atoms with Crippen molar-refractivity contribution in [3.63, 3.8) is 0 Å². The second-order valence-electron chi connectivity index (χ2n) is 3.50. The average molecular weight is 245 g/mol. The van der Waals surface area contributed by atoms with E-state index in [1.54, 1.807) is 30.3 Å². The molecule has 0 amide bonds. The predicted molar refractivity (Wildman–Crippen MR) is 65.4 cm³/mol. The fourth-order valence-corrected chi connectivity index (χ4v) is 1.59. The van der Waals surface area contributed by atoms with E-state index in [1.165, 1.54) is 7.11 Å². The third-order valence-corrected chi connectivity index (χ3v) is 2.44. The molecule has 18 heavy (non-hydrogen) atoms. The van der Waals surface area contributed by atoms with Crippen LogP contribution in [0.1, 0.15) is 5.76 Å². The Balaban J connectivity index is 2.51. The molecule has 0 bridgehead atoms. The Morgan fingerprint density at radius 2 is 2.22 bits per heavy atom. The van der Waals surface area contributed by atoms with Crippen LogP contribution in [0.4, 0.5) is 5.69 Å². The van der Waals surface area contributed by atoms with E-state index in [0.29, 0.717) is 28.5 Å². The van der Waals surface area contributed by atoms with Gasteiger partial charge in [-0.2, -0.15) is 0 Å². The number of aliphatic hydroxyl groups excluding tert-OH is 1. The van der Waals surface area contributed by atoms with Crippen LogP contribution in [0, 0.1) is 0 Å².